The largest absolute Gasteiger partial charge is 0.497 e. The van der Waals surface area contributed by atoms with E-state index >= 15 is 0 Å². The summed E-state index contributed by atoms with van der Waals surface area (Å²) in [6, 6.07) is 55.8. The van der Waals surface area contributed by atoms with Gasteiger partial charge in [0.2, 0.25) is 5.78 Å². The van der Waals surface area contributed by atoms with Gasteiger partial charge in [0.15, 0.2) is 17.1 Å². The average molecular weight is 1450 g/mol. The molecule has 1 saturated heterocycles. The van der Waals surface area contributed by atoms with Gasteiger partial charge in [-0.05, 0) is 192 Å². The van der Waals surface area contributed by atoms with E-state index in [1.54, 1.807) is 139 Å². The number of nitrogens with one attached hydrogen (secondary N) is 1. The third-order valence-electron chi connectivity index (χ3n) is 15.7. The van der Waals surface area contributed by atoms with Crippen molar-refractivity contribution in [1.29, 1.82) is 0 Å². The van der Waals surface area contributed by atoms with Crippen LogP contribution in [0.25, 0.3) is 44.5 Å². The number of aromatic nitrogens is 6. The number of esters is 2. The number of benzene rings is 5. The second kappa shape index (κ2) is 38.4. The Morgan fingerprint density at radius 1 is 0.441 bits per heavy atom. The SMILES string of the molecule is COC(=O)c1ncccc1-c1cccc(OC)c1.COC(=O)c1ncccc1Cl.COc1ccc2c(c1)-c1cccnc1C2=O.COc1ccc2c(c1)C1CCCN[C@H]1C2.COc1cccc(-c2cccnc2C(=O)Cl)c1.COc1cccc(-c2cccnc2C(=O)O)c1.Clc1cccnc1Cl. The van der Waals surface area contributed by atoms with Crippen LogP contribution in [-0.2, 0) is 15.9 Å². The Hall–Kier alpha value is -11.1. The second-order valence-corrected chi connectivity index (χ2v) is 23.3. The standard InChI is InChI=1S/C14H13NO3.C13H10ClNO2.C13H11NO3.C13H9NO2.C13H17NO.C7H6ClNO2.C5H3Cl2N/c1-17-11-6-3-5-10(9-11)12-7-4-8-15-13(12)14(16)18-2;1-17-10-5-2-4-9(8-10)11-6-3-7-15-12(11)13(14)16;1-17-10-5-2-4-9(8-10)11-6-3-7-14-12(11)13(15)16;1-16-8-4-5-10-11(7-8)9-3-2-6-14-12(9)13(10)15;1-15-10-5-4-9-7-13-11(12(9)8-10)3-2-6-14-13;1-11-7(10)6-5(8)3-2-4-9-6;6-4-2-1-3-8-5(4)7/h3-9H,1-2H3;2-8H,1H3;2-8H,1H3,(H,15,16);2-7H,1H3;4-5,8,11,13-14H,2-3,6-7H2,1H3;2-4H,1H3;1-3H/t;;;;11?,13-;;/m....0../s1. The van der Waals surface area contributed by atoms with E-state index in [9.17, 15) is 24.0 Å². The number of nitrogens with zero attached hydrogens (tertiary/aromatic N) is 6. The predicted molar refractivity (Wildman–Crippen MR) is 392 cm³/mol. The third-order valence-corrected chi connectivity index (χ3v) is 16.9. The van der Waals surface area contributed by atoms with E-state index in [4.69, 9.17) is 79.9 Å². The summed E-state index contributed by atoms with van der Waals surface area (Å²) in [5.41, 5.74) is 11.3. The van der Waals surface area contributed by atoms with E-state index < -0.39 is 23.2 Å². The topological polar surface area (TPSA) is 260 Å². The van der Waals surface area contributed by atoms with Crippen LogP contribution in [0, 0.1) is 0 Å². The molecule has 0 bridgehead atoms. The highest BCUT2D eigenvalue weighted by atomic mass is 35.5. The number of rotatable bonds is 12. The molecule has 0 spiro atoms. The third kappa shape index (κ3) is 20.3. The molecule has 2 N–H and O–H groups in total. The highest BCUT2D eigenvalue weighted by Crippen LogP contribution is 2.41. The van der Waals surface area contributed by atoms with Crippen molar-refractivity contribution < 1.29 is 62.2 Å². The minimum Gasteiger partial charge on any atom is -0.497 e. The van der Waals surface area contributed by atoms with Gasteiger partial charge in [0.1, 0.15) is 45.3 Å². The minimum absolute atomic E-state index is 0.00625. The van der Waals surface area contributed by atoms with E-state index in [1.807, 2.05) is 84.9 Å². The Morgan fingerprint density at radius 2 is 0.882 bits per heavy atom. The van der Waals surface area contributed by atoms with Gasteiger partial charge in [-0.25, -0.2) is 34.3 Å². The number of ketones is 1. The van der Waals surface area contributed by atoms with Gasteiger partial charge in [-0.15, -0.1) is 0 Å². The van der Waals surface area contributed by atoms with E-state index in [0.717, 1.165) is 62.3 Å². The highest BCUT2D eigenvalue weighted by molar-refractivity contribution is 6.68. The van der Waals surface area contributed by atoms with Crippen molar-refractivity contribution in [2.24, 2.45) is 0 Å². The van der Waals surface area contributed by atoms with E-state index in [-0.39, 0.29) is 22.9 Å². The fraction of sp³-hybridized carbons (Fsp3) is 0.167. The first-order chi connectivity index (χ1) is 49.4. The number of carboxylic acid groups (broad SMARTS) is 1. The lowest BCUT2D eigenvalue weighted by atomic mass is 9.90. The van der Waals surface area contributed by atoms with Gasteiger partial charge < -0.3 is 43.6 Å². The van der Waals surface area contributed by atoms with Crippen LogP contribution in [0.15, 0.2) is 219 Å². The number of hydrogen-bond donors (Lipinski definition) is 2. The van der Waals surface area contributed by atoms with Gasteiger partial charge >= 0.3 is 17.9 Å². The zero-order valence-electron chi connectivity index (χ0n) is 56.3. The summed E-state index contributed by atoms with van der Waals surface area (Å²) in [4.78, 5) is 80.3. The highest BCUT2D eigenvalue weighted by Gasteiger charge is 2.34. The number of methoxy groups -OCH3 is 7. The van der Waals surface area contributed by atoms with Crippen molar-refractivity contribution in [3.63, 3.8) is 0 Å². The van der Waals surface area contributed by atoms with Crippen molar-refractivity contribution in [3.8, 4) is 73.3 Å². The number of carboxylic acids is 1. The van der Waals surface area contributed by atoms with Gasteiger partial charge in [0.05, 0.1) is 59.8 Å². The Morgan fingerprint density at radius 3 is 1.38 bits per heavy atom. The summed E-state index contributed by atoms with van der Waals surface area (Å²) in [5.74, 6) is 2.60. The molecule has 102 heavy (non-hydrogen) atoms. The summed E-state index contributed by atoms with van der Waals surface area (Å²) in [6.45, 7) is 1.19. The van der Waals surface area contributed by atoms with Crippen molar-refractivity contribution in [1.82, 2.24) is 35.2 Å². The number of carbonyl (C=O) groups excluding carboxylic acids is 4. The number of fused-ring (bicyclic) bond motifs is 6. The van der Waals surface area contributed by atoms with Gasteiger partial charge in [0, 0.05) is 71.0 Å². The molecule has 1 fully saturated rings. The molecule has 522 valence electrons. The number of piperidine rings is 1. The van der Waals surface area contributed by atoms with Crippen LogP contribution in [0.5, 0.6) is 28.7 Å². The molecule has 1 unspecified atom stereocenters. The summed E-state index contributed by atoms with van der Waals surface area (Å²) < 4.78 is 35.0. The number of halogens is 4. The molecule has 6 aromatic heterocycles. The average Bonchev–Trinajstić information content (AvgIpc) is 1.62. The quantitative estimate of drug-likeness (QED) is 0.0654. The van der Waals surface area contributed by atoms with Crippen LogP contribution in [0.2, 0.25) is 15.2 Å². The summed E-state index contributed by atoms with van der Waals surface area (Å²) in [5, 5.41) is 13.3. The molecule has 0 saturated carbocycles. The van der Waals surface area contributed by atoms with Crippen LogP contribution < -0.4 is 29.0 Å². The minimum atomic E-state index is -1.04. The molecule has 1 aliphatic heterocycles. The Bertz CT molecular complexity index is 4600. The fourth-order valence-corrected chi connectivity index (χ4v) is 11.5. The lowest BCUT2D eigenvalue weighted by molar-refractivity contribution is 0.0586. The van der Waals surface area contributed by atoms with Crippen molar-refractivity contribution in [2.75, 3.05) is 56.3 Å². The molecular weight excluding hydrogens is 1380 g/mol. The molecule has 20 nitrogen and oxygen atoms in total. The molecule has 5 aromatic carbocycles. The maximum Gasteiger partial charge on any atom is 0.358 e. The predicted octanol–water partition coefficient (Wildman–Crippen LogP) is 16.4. The van der Waals surface area contributed by atoms with Crippen LogP contribution in [0.4, 0.5) is 0 Å². The summed E-state index contributed by atoms with van der Waals surface area (Å²) >= 11 is 22.1. The first-order valence-corrected chi connectivity index (χ1v) is 32.8. The molecule has 2 atom stereocenters. The number of ether oxygens (including phenoxy) is 7. The molecule has 7 heterocycles. The maximum absolute atomic E-state index is 12.0. The first kappa shape index (κ1) is 76.6. The Labute approximate surface area is 609 Å². The number of hydrogen-bond acceptors (Lipinski definition) is 19. The smallest absolute Gasteiger partial charge is 0.358 e. The fourth-order valence-electron chi connectivity index (χ4n) is 10.9. The molecule has 11 aromatic rings. The van der Waals surface area contributed by atoms with Gasteiger partial charge in [-0.1, -0.05) is 102 Å². The number of pyridine rings is 6. The Balaban J connectivity index is 0.000000153. The van der Waals surface area contributed by atoms with Crippen molar-refractivity contribution in [3.05, 3.63) is 280 Å². The number of aromatic carboxylic acids is 1. The molecule has 0 amide bonds. The van der Waals surface area contributed by atoms with Crippen LogP contribution >= 0.6 is 46.4 Å². The summed E-state index contributed by atoms with van der Waals surface area (Å²) in [7, 11) is 10.7. The zero-order valence-corrected chi connectivity index (χ0v) is 59.3. The molecule has 2 aliphatic carbocycles. The Kier molecular flexibility index (Phi) is 28.9. The second-order valence-electron chi connectivity index (χ2n) is 21.8. The molecular formula is C78H69Cl4N7O13. The monoisotopic (exact) mass is 1450 g/mol. The van der Waals surface area contributed by atoms with Crippen molar-refractivity contribution in [2.45, 2.75) is 31.2 Å². The molecule has 0 radical (unpaired) electrons. The molecule has 24 heteroatoms. The van der Waals surface area contributed by atoms with Crippen LogP contribution in [0.1, 0.15) is 87.9 Å². The maximum atomic E-state index is 12.0. The lowest BCUT2D eigenvalue weighted by Crippen LogP contribution is -2.37. The van der Waals surface area contributed by atoms with Gasteiger partial charge in [-0.2, -0.15) is 0 Å². The van der Waals surface area contributed by atoms with Crippen LogP contribution in [-0.4, -0.2) is 126 Å². The first-order valence-electron chi connectivity index (χ1n) is 31.3. The van der Waals surface area contributed by atoms with E-state index in [1.165, 1.54) is 63.5 Å². The summed E-state index contributed by atoms with van der Waals surface area (Å²) in [6.07, 6.45) is 13.1. The van der Waals surface area contributed by atoms with Crippen molar-refractivity contribution >= 4 is 75.3 Å². The van der Waals surface area contributed by atoms with E-state index in [2.05, 4.69) is 58.2 Å². The van der Waals surface area contributed by atoms with E-state index in [0.29, 0.717) is 55.1 Å². The van der Waals surface area contributed by atoms with Crippen LogP contribution in [0.3, 0.4) is 0 Å². The normalized spacial score (nSPS) is 12.9. The zero-order chi connectivity index (χ0) is 73.1. The molecule has 14 rings (SSSR count). The van der Waals surface area contributed by atoms with Gasteiger partial charge in [-0.3, -0.25) is 19.6 Å². The number of carbonyl (C=O) groups is 5. The van der Waals surface area contributed by atoms with Gasteiger partial charge in [0.25, 0.3) is 5.24 Å². The lowest BCUT2D eigenvalue weighted by Gasteiger charge is -2.27. The molecule has 3 aliphatic rings.